The first-order valence-corrected chi connectivity index (χ1v) is 5.54. The lowest BCUT2D eigenvalue weighted by Crippen LogP contribution is -2.14. The number of nitrogens with two attached hydrogens (primary N) is 1. The van der Waals surface area contributed by atoms with E-state index in [0.717, 1.165) is 6.42 Å². The summed E-state index contributed by atoms with van der Waals surface area (Å²) >= 11 is 0. The van der Waals surface area contributed by atoms with Gasteiger partial charge in [0.1, 0.15) is 5.75 Å². The molecule has 1 aromatic heterocycles. The van der Waals surface area contributed by atoms with Crippen LogP contribution in [0.5, 0.6) is 0 Å². The molecule has 0 spiro atoms. The van der Waals surface area contributed by atoms with E-state index >= 15 is 0 Å². The van der Waals surface area contributed by atoms with Crippen molar-refractivity contribution in [2.24, 2.45) is 5.14 Å². The maximum atomic E-state index is 10.6. The second-order valence-electron chi connectivity index (χ2n) is 2.65. The second-order valence-corrected chi connectivity index (χ2v) is 4.26. The number of aromatic nitrogens is 2. The lowest BCUT2D eigenvalue weighted by atomic mass is 10.3. The van der Waals surface area contributed by atoms with Gasteiger partial charge in [-0.25, -0.2) is 13.6 Å². The van der Waals surface area contributed by atoms with Gasteiger partial charge in [-0.3, -0.25) is 0 Å². The standard InChI is InChI=1S/C6H11N3O3S/c1-2-3-5-8-9-6(12-5)4-13(7,10)11/h2-4H2,1H3,(H2,7,10,11). The molecule has 0 aliphatic heterocycles. The predicted molar refractivity (Wildman–Crippen MR) is 45.1 cm³/mol. The molecule has 0 fully saturated rings. The normalized spacial score (nSPS) is 11.8. The Morgan fingerprint density at radius 1 is 1.38 bits per heavy atom. The molecule has 6 nitrogen and oxygen atoms in total. The molecule has 2 N–H and O–H groups in total. The molecule has 0 saturated carbocycles. The summed E-state index contributed by atoms with van der Waals surface area (Å²) in [5.74, 6) is 0.0936. The highest BCUT2D eigenvalue weighted by molar-refractivity contribution is 7.88. The molecular weight excluding hydrogens is 194 g/mol. The van der Waals surface area contributed by atoms with Gasteiger partial charge in [-0.2, -0.15) is 0 Å². The summed E-state index contributed by atoms with van der Waals surface area (Å²) in [6.07, 6.45) is 1.52. The fourth-order valence-electron chi connectivity index (χ4n) is 0.834. The van der Waals surface area contributed by atoms with E-state index in [1.165, 1.54) is 0 Å². The van der Waals surface area contributed by atoms with Gasteiger partial charge in [0, 0.05) is 6.42 Å². The van der Waals surface area contributed by atoms with Crippen LogP contribution in [0.1, 0.15) is 25.1 Å². The van der Waals surface area contributed by atoms with E-state index < -0.39 is 15.8 Å². The van der Waals surface area contributed by atoms with Crippen molar-refractivity contribution >= 4 is 10.0 Å². The SMILES string of the molecule is CCCc1nnc(CS(N)(=O)=O)o1. The Kier molecular flexibility index (Phi) is 2.99. The van der Waals surface area contributed by atoms with E-state index in [-0.39, 0.29) is 5.89 Å². The molecule has 1 aromatic rings. The molecule has 0 aliphatic carbocycles. The fourth-order valence-corrected chi connectivity index (χ4v) is 1.29. The highest BCUT2D eigenvalue weighted by Crippen LogP contribution is 2.04. The minimum absolute atomic E-state index is 0.0472. The topological polar surface area (TPSA) is 99.1 Å². The van der Waals surface area contributed by atoms with E-state index in [4.69, 9.17) is 9.56 Å². The van der Waals surface area contributed by atoms with Crippen molar-refractivity contribution in [1.29, 1.82) is 0 Å². The maximum Gasteiger partial charge on any atom is 0.232 e. The van der Waals surface area contributed by atoms with Crippen molar-refractivity contribution in [2.75, 3.05) is 0 Å². The third-order valence-corrected chi connectivity index (χ3v) is 1.95. The zero-order valence-corrected chi connectivity index (χ0v) is 8.04. The van der Waals surface area contributed by atoms with Crippen LogP contribution in [0.2, 0.25) is 0 Å². The Hall–Kier alpha value is -0.950. The molecule has 13 heavy (non-hydrogen) atoms. The Bertz CT molecular complexity index is 370. The van der Waals surface area contributed by atoms with Gasteiger partial charge in [0.2, 0.25) is 21.8 Å². The highest BCUT2D eigenvalue weighted by Gasteiger charge is 2.11. The maximum absolute atomic E-state index is 10.6. The number of hydrogen-bond acceptors (Lipinski definition) is 5. The monoisotopic (exact) mass is 205 g/mol. The van der Waals surface area contributed by atoms with Crippen LogP contribution in [0.3, 0.4) is 0 Å². The van der Waals surface area contributed by atoms with Gasteiger partial charge in [-0.05, 0) is 6.42 Å². The number of primary sulfonamides is 1. The number of hydrogen-bond donors (Lipinski definition) is 1. The summed E-state index contributed by atoms with van der Waals surface area (Å²) in [5.41, 5.74) is 0. The van der Waals surface area contributed by atoms with Gasteiger partial charge >= 0.3 is 0 Å². The smallest absolute Gasteiger partial charge is 0.232 e. The third kappa shape index (κ3) is 3.51. The lowest BCUT2D eigenvalue weighted by Gasteiger charge is -1.90. The van der Waals surface area contributed by atoms with Gasteiger partial charge in [0.25, 0.3) is 0 Å². The van der Waals surface area contributed by atoms with E-state index in [9.17, 15) is 8.42 Å². The molecule has 7 heteroatoms. The molecular formula is C6H11N3O3S. The van der Waals surface area contributed by atoms with Crippen molar-refractivity contribution in [3.63, 3.8) is 0 Å². The van der Waals surface area contributed by atoms with Crippen LogP contribution in [0, 0.1) is 0 Å². The van der Waals surface area contributed by atoms with Crippen LogP contribution in [-0.2, 0) is 22.2 Å². The van der Waals surface area contributed by atoms with Crippen LogP contribution in [0.4, 0.5) is 0 Å². The molecule has 0 amide bonds. The Morgan fingerprint density at radius 3 is 2.54 bits per heavy atom. The summed E-state index contributed by atoms with van der Waals surface area (Å²) in [6.45, 7) is 1.96. The van der Waals surface area contributed by atoms with Crippen LogP contribution >= 0.6 is 0 Å². The van der Waals surface area contributed by atoms with Crippen molar-refractivity contribution in [2.45, 2.75) is 25.5 Å². The zero-order chi connectivity index (χ0) is 9.90. The van der Waals surface area contributed by atoms with Gasteiger partial charge in [0.15, 0.2) is 0 Å². The lowest BCUT2D eigenvalue weighted by molar-refractivity contribution is 0.458. The number of sulfonamides is 1. The van der Waals surface area contributed by atoms with Crippen LogP contribution in [0.25, 0.3) is 0 Å². The number of nitrogens with zero attached hydrogens (tertiary/aromatic N) is 2. The van der Waals surface area contributed by atoms with E-state index in [1.54, 1.807) is 0 Å². The average Bonchev–Trinajstić information content (AvgIpc) is 2.33. The van der Waals surface area contributed by atoms with Crippen molar-refractivity contribution in [3.8, 4) is 0 Å². The molecule has 0 unspecified atom stereocenters. The number of aryl methyl sites for hydroxylation is 1. The molecule has 0 radical (unpaired) electrons. The molecule has 0 aromatic carbocycles. The van der Waals surface area contributed by atoms with Crippen molar-refractivity contribution in [1.82, 2.24) is 10.2 Å². The molecule has 0 aliphatic rings. The molecule has 0 saturated heterocycles. The number of rotatable bonds is 4. The Labute approximate surface area is 76.2 Å². The van der Waals surface area contributed by atoms with Gasteiger partial charge in [-0.15, -0.1) is 10.2 Å². The first-order valence-electron chi connectivity index (χ1n) is 3.83. The summed E-state index contributed by atoms with van der Waals surface area (Å²) < 4.78 is 26.3. The largest absolute Gasteiger partial charge is 0.424 e. The van der Waals surface area contributed by atoms with Crippen LogP contribution in [-0.4, -0.2) is 18.6 Å². The van der Waals surface area contributed by atoms with Gasteiger partial charge < -0.3 is 4.42 Å². The fraction of sp³-hybridized carbons (Fsp3) is 0.667. The third-order valence-electron chi connectivity index (χ3n) is 1.30. The van der Waals surface area contributed by atoms with E-state index in [2.05, 4.69) is 10.2 Å². The summed E-state index contributed by atoms with van der Waals surface area (Å²) in [7, 11) is -3.58. The average molecular weight is 205 g/mol. The van der Waals surface area contributed by atoms with E-state index in [1.807, 2.05) is 6.92 Å². The Balaban J connectivity index is 2.69. The first kappa shape index (κ1) is 10.1. The van der Waals surface area contributed by atoms with Crippen molar-refractivity contribution in [3.05, 3.63) is 11.8 Å². The molecule has 0 bridgehead atoms. The van der Waals surface area contributed by atoms with Crippen molar-refractivity contribution < 1.29 is 12.8 Å². The van der Waals surface area contributed by atoms with Crippen LogP contribution in [0.15, 0.2) is 4.42 Å². The minimum atomic E-state index is -3.58. The molecule has 1 rings (SSSR count). The highest BCUT2D eigenvalue weighted by atomic mass is 32.2. The second kappa shape index (κ2) is 3.84. The molecule has 74 valence electrons. The zero-order valence-electron chi connectivity index (χ0n) is 7.23. The molecule has 1 heterocycles. The Morgan fingerprint density at radius 2 is 2.00 bits per heavy atom. The predicted octanol–water partition coefficient (Wildman–Crippen LogP) is -0.189. The summed E-state index contributed by atoms with van der Waals surface area (Å²) in [4.78, 5) is 0. The van der Waals surface area contributed by atoms with Crippen LogP contribution < -0.4 is 5.14 Å². The molecule has 0 atom stereocenters. The minimum Gasteiger partial charge on any atom is -0.424 e. The first-order chi connectivity index (χ1) is 6.01. The quantitative estimate of drug-likeness (QED) is 0.734. The summed E-state index contributed by atoms with van der Waals surface area (Å²) in [5, 5.41) is 12.0. The summed E-state index contributed by atoms with van der Waals surface area (Å²) in [6, 6.07) is 0. The van der Waals surface area contributed by atoms with E-state index in [0.29, 0.717) is 12.3 Å². The van der Waals surface area contributed by atoms with Gasteiger partial charge in [0.05, 0.1) is 0 Å². The van der Waals surface area contributed by atoms with Gasteiger partial charge in [-0.1, -0.05) is 6.92 Å².